The van der Waals surface area contributed by atoms with Gasteiger partial charge in [0.1, 0.15) is 5.75 Å². The van der Waals surface area contributed by atoms with Crippen LogP contribution in [0.2, 0.25) is 0 Å². The van der Waals surface area contributed by atoms with Crippen molar-refractivity contribution in [2.24, 2.45) is 5.92 Å². The maximum Gasteiger partial charge on any atom is 0.243 e. The zero-order valence-corrected chi connectivity index (χ0v) is 20.2. The molecule has 1 N–H and O–H groups in total. The van der Waals surface area contributed by atoms with Gasteiger partial charge in [-0.25, -0.2) is 8.42 Å². The first kappa shape index (κ1) is 25.5. The summed E-state index contributed by atoms with van der Waals surface area (Å²) in [6.45, 7) is 3.81. The standard InChI is InChI=1S/C23H32N2O6S/c1-16(2)13-20(17-7-9-18(29-4)10-8-17)24-23(26)15-25(3)32(27,28)19-11-12-21(30-5)22(14-19)31-6/h7-12,14,16,20H,13,15H2,1-6H3,(H,24,26). The van der Waals surface area contributed by atoms with Crippen molar-refractivity contribution in [1.82, 2.24) is 9.62 Å². The average molecular weight is 465 g/mol. The summed E-state index contributed by atoms with van der Waals surface area (Å²) in [4.78, 5) is 12.8. The van der Waals surface area contributed by atoms with E-state index in [-0.39, 0.29) is 17.5 Å². The van der Waals surface area contributed by atoms with Crippen molar-refractivity contribution in [3.63, 3.8) is 0 Å². The Bertz CT molecular complexity index is 1010. The molecule has 0 aliphatic heterocycles. The van der Waals surface area contributed by atoms with Crippen LogP contribution in [0.4, 0.5) is 0 Å². The summed E-state index contributed by atoms with van der Waals surface area (Å²) in [5.74, 6) is 1.38. The molecule has 0 saturated carbocycles. The molecule has 0 aromatic heterocycles. The molecule has 0 radical (unpaired) electrons. The van der Waals surface area contributed by atoms with Crippen LogP contribution in [0.25, 0.3) is 0 Å². The monoisotopic (exact) mass is 464 g/mol. The molecule has 0 saturated heterocycles. The minimum atomic E-state index is -3.90. The van der Waals surface area contributed by atoms with E-state index in [2.05, 4.69) is 19.2 Å². The Morgan fingerprint density at radius 2 is 1.59 bits per heavy atom. The summed E-state index contributed by atoms with van der Waals surface area (Å²) in [6, 6.07) is 11.5. The number of likely N-dealkylation sites (N-methyl/N-ethyl adjacent to an activating group) is 1. The zero-order chi connectivity index (χ0) is 23.9. The predicted molar refractivity (Wildman–Crippen MR) is 123 cm³/mol. The van der Waals surface area contributed by atoms with Crippen molar-refractivity contribution in [3.05, 3.63) is 48.0 Å². The predicted octanol–water partition coefficient (Wildman–Crippen LogP) is 3.24. The molecule has 0 spiro atoms. The van der Waals surface area contributed by atoms with E-state index in [0.717, 1.165) is 15.6 Å². The summed E-state index contributed by atoms with van der Waals surface area (Å²) in [5.41, 5.74) is 0.929. The van der Waals surface area contributed by atoms with E-state index >= 15 is 0 Å². The van der Waals surface area contributed by atoms with Crippen LogP contribution in [0.1, 0.15) is 31.9 Å². The Hall–Kier alpha value is -2.78. The smallest absolute Gasteiger partial charge is 0.243 e. The molecule has 0 aliphatic carbocycles. The number of nitrogens with zero attached hydrogens (tertiary/aromatic N) is 1. The van der Waals surface area contributed by atoms with Crippen LogP contribution in [0.15, 0.2) is 47.4 Å². The highest BCUT2D eigenvalue weighted by Gasteiger charge is 2.26. The lowest BCUT2D eigenvalue weighted by Crippen LogP contribution is -2.40. The van der Waals surface area contributed by atoms with Gasteiger partial charge in [0.2, 0.25) is 15.9 Å². The van der Waals surface area contributed by atoms with Gasteiger partial charge in [0.05, 0.1) is 38.8 Å². The molecule has 32 heavy (non-hydrogen) atoms. The molecule has 8 nitrogen and oxygen atoms in total. The zero-order valence-electron chi connectivity index (χ0n) is 19.4. The minimum absolute atomic E-state index is 0.0133. The summed E-state index contributed by atoms with van der Waals surface area (Å²) in [7, 11) is 1.96. The normalized spacial score (nSPS) is 12.5. The van der Waals surface area contributed by atoms with Crippen molar-refractivity contribution in [2.75, 3.05) is 34.9 Å². The fourth-order valence-electron chi connectivity index (χ4n) is 3.27. The maximum absolute atomic E-state index is 13.0. The third-order valence-corrected chi connectivity index (χ3v) is 6.79. The van der Waals surface area contributed by atoms with Crippen molar-refractivity contribution in [3.8, 4) is 17.2 Å². The second-order valence-corrected chi connectivity index (χ2v) is 9.85. The van der Waals surface area contributed by atoms with Gasteiger partial charge in [-0.1, -0.05) is 26.0 Å². The molecular formula is C23H32N2O6S. The van der Waals surface area contributed by atoms with Gasteiger partial charge in [-0.15, -0.1) is 0 Å². The lowest BCUT2D eigenvalue weighted by atomic mass is 9.97. The van der Waals surface area contributed by atoms with Crippen LogP contribution in [0, 0.1) is 5.92 Å². The van der Waals surface area contributed by atoms with Gasteiger partial charge >= 0.3 is 0 Å². The molecule has 1 atom stereocenters. The van der Waals surface area contributed by atoms with Crippen LogP contribution in [-0.2, 0) is 14.8 Å². The second kappa shape index (κ2) is 11.2. The fourth-order valence-corrected chi connectivity index (χ4v) is 4.41. The topological polar surface area (TPSA) is 94.2 Å². The molecular weight excluding hydrogens is 432 g/mol. The van der Waals surface area contributed by atoms with Crippen LogP contribution in [-0.4, -0.2) is 53.6 Å². The first-order valence-corrected chi connectivity index (χ1v) is 11.7. The van der Waals surface area contributed by atoms with Gasteiger partial charge in [-0.2, -0.15) is 4.31 Å². The van der Waals surface area contributed by atoms with Crippen LogP contribution < -0.4 is 19.5 Å². The summed E-state index contributed by atoms with van der Waals surface area (Å²) in [6.07, 6.45) is 0.713. The molecule has 176 valence electrons. The first-order chi connectivity index (χ1) is 15.1. The van der Waals surface area contributed by atoms with E-state index < -0.39 is 15.9 Å². The molecule has 9 heteroatoms. The number of hydrogen-bond acceptors (Lipinski definition) is 6. The van der Waals surface area contributed by atoms with Gasteiger partial charge in [-0.05, 0) is 42.2 Å². The number of amides is 1. The maximum atomic E-state index is 13.0. The van der Waals surface area contributed by atoms with Crippen molar-refractivity contribution in [2.45, 2.75) is 31.2 Å². The van der Waals surface area contributed by atoms with Gasteiger partial charge < -0.3 is 19.5 Å². The van der Waals surface area contributed by atoms with E-state index in [9.17, 15) is 13.2 Å². The molecule has 0 aliphatic rings. The summed E-state index contributed by atoms with van der Waals surface area (Å²) >= 11 is 0. The SMILES string of the molecule is COc1ccc(C(CC(C)C)NC(=O)CN(C)S(=O)(=O)c2ccc(OC)c(OC)c2)cc1. The third-order valence-electron chi connectivity index (χ3n) is 4.99. The minimum Gasteiger partial charge on any atom is -0.497 e. The first-order valence-electron chi connectivity index (χ1n) is 10.2. The number of carbonyl (C=O) groups excluding carboxylic acids is 1. The summed E-state index contributed by atoms with van der Waals surface area (Å²) in [5, 5.41) is 2.97. The number of rotatable bonds is 11. The fraction of sp³-hybridized carbons (Fsp3) is 0.435. The lowest BCUT2D eigenvalue weighted by molar-refractivity contribution is -0.122. The van der Waals surface area contributed by atoms with Gasteiger partial charge in [0.15, 0.2) is 11.5 Å². The molecule has 2 rings (SSSR count). The molecule has 1 unspecified atom stereocenters. The van der Waals surface area contributed by atoms with Gasteiger partial charge in [0, 0.05) is 13.1 Å². The molecule has 1 amide bonds. The average Bonchev–Trinajstić information content (AvgIpc) is 2.77. The van der Waals surface area contributed by atoms with Gasteiger partial charge in [0.25, 0.3) is 0 Å². The van der Waals surface area contributed by atoms with Crippen molar-refractivity contribution < 1.29 is 27.4 Å². The van der Waals surface area contributed by atoms with E-state index in [1.807, 2.05) is 24.3 Å². The molecule has 0 heterocycles. The van der Waals surface area contributed by atoms with Crippen molar-refractivity contribution >= 4 is 15.9 Å². The Morgan fingerprint density at radius 3 is 2.12 bits per heavy atom. The highest BCUT2D eigenvalue weighted by atomic mass is 32.2. The molecule has 0 bridgehead atoms. The Kier molecular flexibility index (Phi) is 8.91. The van der Waals surface area contributed by atoms with E-state index in [1.54, 1.807) is 7.11 Å². The van der Waals surface area contributed by atoms with Crippen LogP contribution in [0.5, 0.6) is 17.2 Å². The highest BCUT2D eigenvalue weighted by molar-refractivity contribution is 7.89. The van der Waals surface area contributed by atoms with Crippen LogP contribution in [0.3, 0.4) is 0 Å². The largest absolute Gasteiger partial charge is 0.497 e. The Balaban J connectivity index is 2.16. The van der Waals surface area contributed by atoms with E-state index in [1.165, 1.54) is 39.5 Å². The highest BCUT2D eigenvalue weighted by Crippen LogP contribution is 2.30. The van der Waals surface area contributed by atoms with Crippen molar-refractivity contribution in [1.29, 1.82) is 0 Å². The van der Waals surface area contributed by atoms with E-state index in [0.29, 0.717) is 23.8 Å². The Morgan fingerprint density at radius 1 is 0.969 bits per heavy atom. The number of carbonyl (C=O) groups is 1. The number of methoxy groups -OCH3 is 3. The van der Waals surface area contributed by atoms with E-state index in [4.69, 9.17) is 14.2 Å². The number of sulfonamides is 1. The summed E-state index contributed by atoms with van der Waals surface area (Å²) < 4.78 is 42.5. The van der Waals surface area contributed by atoms with Gasteiger partial charge in [-0.3, -0.25) is 4.79 Å². The Labute approximate surface area is 190 Å². The second-order valence-electron chi connectivity index (χ2n) is 7.80. The number of nitrogens with one attached hydrogen (secondary N) is 1. The third kappa shape index (κ3) is 6.37. The molecule has 0 fully saturated rings. The molecule has 2 aromatic carbocycles. The number of hydrogen-bond donors (Lipinski definition) is 1. The number of benzene rings is 2. The van der Waals surface area contributed by atoms with Crippen LogP contribution >= 0.6 is 0 Å². The molecule has 2 aromatic rings. The lowest BCUT2D eigenvalue weighted by Gasteiger charge is -2.23. The quantitative estimate of drug-likeness (QED) is 0.549. The number of ether oxygens (including phenoxy) is 3.